The third-order valence-electron chi connectivity index (χ3n) is 5.11. The van der Waals surface area contributed by atoms with Crippen LogP contribution in [0, 0.1) is 0 Å². The Morgan fingerprint density at radius 3 is 2.07 bits per heavy atom. The summed E-state index contributed by atoms with van der Waals surface area (Å²) >= 11 is 0. The molecule has 28 heavy (non-hydrogen) atoms. The van der Waals surface area contributed by atoms with Crippen LogP contribution in [-0.2, 0) is 19.4 Å². The summed E-state index contributed by atoms with van der Waals surface area (Å²) in [4.78, 5) is 0. The minimum atomic E-state index is -0.0448. The molecule has 0 bridgehead atoms. The van der Waals surface area contributed by atoms with Gasteiger partial charge in [0.05, 0.1) is 13.8 Å². The second kappa shape index (κ2) is 10.2. The van der Waals surface area contributed by atoms with Gasteiger partial charge in [0.2, 0.25) is 0 Å². The second-order valence-corrected chi connectivity index (χ2v) is 9.57. The number of aryl methyl sites for hydroxylation is 2. The summed E-state index contributed by atoms with van der Waals surface area (Å²) in [7, 11) is -0.0448. The SMILES string of the molecule is C=[P+](CC)CCc1ccc(-c2ccc(OCc3cccc(CC)c3)cc2)cc1. The zero-order valence-corrected chi connectivity index (χ0v) is 17.9. The molecule has 3 rings (SSSR count). The first-order valence-corrected chi connectivity index (χ1v) is 12.0. The van der Waals surface area contributed by atoms with Gasteiger partial charge in [-0.1, -0.05) is 67.6 Å². The fraction of sp³-hybridized carbons (Fsp3) is 0.269. The van der Waals surface area contributed by atoms with Crippen LogP contribution in [0.1, 0.15) is 30.5 Å². The summed E-state index contributed by atoms with van der Waals surface area (Å²) in [6.45, 7) is 5.01. The van der Waals surface area contributed by atoms with Gasteiger partial charge in [-0.2, -0.15) is 0 Å². The number of hydrogen-bond donors (Lipinski definition) is 0. The predicted octanol–water partition coefficient (Wildman–Crippen LogP) is 6.97. The average Bonchev–Trinajstić information content (AvgIpc) is 2.77. The van der Waals surface area contributed by atoms with Gasteiger partial charge in [-0.25, -0.2) is 0 Å². The Morgan fingerprint density at radius 2 is 1.43 bits per heavy atom. The molecule has 0 aliphatic heterocycles. The van der Waals surface area contributed by atoms with E-state index < -0.39 is 0 Å². The molecule has 144 valence electrons. The molecular weight excluding hydrogens is 359 g/mol. The fourth-order valence-corrected chi connectivity index (χ4v) is 4.05. The molecule has 3 aromatic carbocycles. The molecule has 0 N–H and O–H groups in total. The van der Waals surface area contributed by atoms with Crippen molar-refractivity contribution in [3.8, 4) is 16.9 Å². The Kier molecular flexibility index (Phi) is 7.46. The van der Waals surface area contributed by atoms with E-state index in [1.165, 1.54) is 40.1 Å². The molecule has 0 saturated heterocycles. The first-order valence-electron chi connectivity index (χ1n) is 10.1. The molecule has 0 spiro atoms. The van der Waals surface area contributed by atoms with E-state index in [9.17, 15) is 0 Å². The normalized spacial score (nSPS) is 11.3. The highest BCUT2D eigenvalue weighted by Crippen LogP contribution is 2.25. The minimum Gasteiger partial charge on any atom is -0.489 e. The van der Waals surface area contributed by atoms with Crippen LogP contribution in [0.25, 0.3) is 11.1 Å². The number of rotatable bonds is 9. The van der Waals surface area contributed by atoms with Crippen molar-refractivity contribution < 1.29 is 4.74 Å². The van der Waals surface area contributed by atoms with Crippen molar-refractivity contribution in [2.75, 3.05) is 12.3 Å². The molecule has 1 unspecified atom stereocenters. The highest BCUT2D eigenvalue weighted by atomic mass is 31.1. The van der Waals surface area contributed by atoms with Crippen molar-refractivity contribution in [1.29, 1.82) is 0 Å². The molecule has 0 radical (unpaired) electrons. The molecule has 1 atom stereocenters. The van der Waals surface area contributed by atoms with Crippen LogP contribution < -0.4 is 4.74 Å². The lowest BCUT2D eigenvalue weighted by molar-refractivity contribution is 0.306. The minimum absolute atomic E-state index is 0.0448. The Hall–Kier alpha value is -2.37. The molecule has 0 heterocycles. The van der Waals surface area contributed by atoms with Gasteiger partial charge in [0, 0.05) is 6.42 Å². The van der Waals surface area contributed by atoms with E-state index in [4.69, 9.17) is 4.74 Å². The van der Waals surface area contributed by atoms with Crippen LogP contribution in [0.15, 0.2) is 72.8 Å². The van der Waals surface area contributed by atoms with Gasteiger partial charge < -0.3 is 4.74 Å². The van der Waals surface area contributed by atoms with Crippen molar-refractivity contribution in [2.24, 2.45) is 0 Å². The van der Waals surface area contributed by atoms with E-state index >= 15 is 0 Å². The van der Waals surface area contributed by atoms with Crippen LogP contribution in [0.3, 0.4) is 0 Å². The Bertz CT molecular complexity index is 894. The maximum absolute atomic E-state index is 5.96. The van der Waals surface area contributed by atoms with Crippen molar-refractivity contribution in [3.05, 3.63) is 89.5 Å². The fourth-order valence-electron chi connectivity index (χ4n) is 3.16. The average molecular weight is 389 g/mol. The number of hydrogen-bond acceptors (Lipinski definition) is 1. The van der Waals surface area contributed by atoms with Crippen LogP contribution in [0.4, 0.5) is 0 Å². The Morgan fingerprint density at radius 1 is 0.786 bits per heavy atom. The zero-order valence-electron chi connectivity index (χ0n) is 17.0. The summed E-state index contributed by atoms with van der Waals surface area (Å²) in [5.41, 5.74) is 6.44. The number of benzene rings is 3. The molecular formula is C26H30OP+. The topological polar surface area (TPSA) is 9.23 Å². The highest BCUT2D eigenvalue weighted by molar-refractivity contribution is 7.55. The van der Waals surface area contributed by atoms with Crippen molar-refractivity contribution >= 4 is 13.8 Å². The first kappa shape index (κ1) is 20.4. The molecule has 1 nitrogen and oxygen atoms in total. The molecule has 0 aliphatic rings. The van der Waals surface area contributed by atoms with Gasteiger partial charge in [-0.3, -0.25) is 0 Å². The van der Waals surface area contributed by atoms with Gasteiger partial charge >= 0.3 is 0 Å². The van der Waals surface area contributed by atoms with Gasteiger partial charge in [0.1, 0.15) is 24.7 Å². The first-order chi connectivity index (χ1) is 13.7. The third-order valence-corrected chi connectivity index (χ3v) is 6.86. The van der Waals surface area contributed by atoms with Gasteiger partial charge in [-0.05, 0) is 53.3 Å². The van der Waals surface area contributed by atoms with E-state index in [2.05, 4.69) is 92.9 Å². The van der Waals surface area contributed by atoms with E-state index in [1.54, 1.807) is 0 Å². The van der Waals surface area contributed by atoms with Gasteiger partial charge in [0.25, 0.3) is 0 Å². The van der Waals surface area contributed by atoms with E-state index in [1.807, 2.05) is 0 Å². The largest absolute Gasteiger partial charge is 0.489 e. The summed E-state index contributed by atoms with van der Waals surface area (Å²) in [5.74, 6) is 0.908. The Balaban J connectivity index is 1.58. The van der Waals surface area contributed by atoms with Crippen molar-refractivity contribution in [2.45, 2.75) is 33.3 Å². The monoisotopic (exact) mass is 389 g/mol. The summed E-state index contributed by atoms with van der Waals surface area (Å²) in [5, 5.41) is 0. The summed E-state index contributed by atoms with van der Waals surface area (Å²) in [6.07, 6.45) is 8.86. The maximum atomic E-state index is 5.96. The van der Waals surface area contributed by atoms with E-state index in [0.717, 1.165) is 18.6 Å². The second-order valence-electron chi connectivity index (χ2n) is 7.14. The molecule has 0 aromatic heterocycles. The zero-order chi connectivity index (χ0) is 19.8. The molecule has 0 saturated carbocycles. The lowest BCUT2D eigenvalue weighted by Crippen LogP contribution is -1.96. The van der Waals surface area contributed by atoms with Gasteiger partial charge in [-0.15, -0.1) is 0 Å². The molecule has 0 fully saturated rings. The van der Waals surface area contributed by atoms with Crippen LogP contribution in [0.5, 0.6) is 5.75 Å². The third kappa shape index (κ3) is 5.81. The quantitative estimate of drug-likeness (QED) is 0.359. The molecule has 3 aromatic rings. The maximum Gasteiger partial charge on any atom is 0.119 e. The molecule has 2 heteroatoms. The van der Waals surface area contributed by atoms with Gasteiger partial charge in [0.15, 0.2) is 0 Å². The van der Waals surface area contributed by atoms with Crippen molar-refractivity contribution in [1.82, 2.24) is 0 Å². The lowest BCUT2D eigenvalue weighted by atomic mass is 10.0. The standard InChI is InChI=1S/C26H30OP/c1-4-21-7-6-8-23(19-21)20-27-26-15-13-25(14-16-26)24-11-9-22(10-12-24)17-18-28(3)5-2/h6-16,19H,3-5,17-18,20H2,1-2H3/q+1. The number of ether oxygens (including phenoxy) is 1. The summed E-state index contributed by atoms with van der Waals surface area (Å²) < 4.78 is 5.96. The molecule has 0 amide bonds. The van der Waals surface area contributed by atoms with E-state index in [-0.39, 0.29) is 7.55 Å². The van der Waals surface area contributed by atoms with E-state index in [0.29, 0.717) is 6.61 Å². The Labute approximate surface area is 170 Å². The van der Waals surface area contributed by atoms with Crippen LogP contribution in [0.2, 0.25) is 0 Å². The smallest absolute Gasteiger partial charge is 0.119 e. The van der Waals surface area contributed by atoms with Crippen LogP contribution in [-0.4, -0.2) is 18.6 Å². The predicted molar refractivity (Wildman–Crippen MR) is 125 cm³/mol. The molecule has 0 aliphatic carbocycles. The highest BCUT2D eigenvalue weighted by Gasteiger charge is 2.05. The summed E-state index contributed by atoms with van der Waals surface area (Å²) in [6, 6.07) is 25.9. The van der Waals surface area contributed by atoms with Crippen molar-refractivity contribution in [3.63, 3.8) is 0 Å². The lowest BCUT2D eigenvalue weighted by Gasteiger charge is -2.09. The van der Waals surface area contributed by atoms with Crippen LogP contribution >= 0.6 is 7.55 Å².